The Hall–Kier alpha value is -3.12. The molecule has 0 saturated carbocycles. The zero-order valence-electron chi connectivity index (χ0n) is 17.1. The van der Waals surface area contributed by atoms with E-state index in [2.05, 4.69) is 16.5 Å². The number of benzene rings is 2. The van der Waals surface area contributed by atoms with Crippen LogP contribution in [0, 0.1) is 0 Å². The van der Waals surface area contributed by atoms with Gasteiger partial charge in [0.1, 0.15) is 17.1 Å². The highest BCUT2D eigenvalue weighted by Crippen LogP contribution is 2.32. The summed E-state index contributed by atoms with van der Waals surface area (Å²) in [7, 11) is 3.68. The lowest BCUT2D eigenvalue weighted by Gasteiger charge is -2.18. The van der Waals surface area contributed by atoms with Gasteiger partial charge in [-0.15, -0.1) is 0 Å². The predicted molar refractivity (Wildman–Crippen MR) is 116 cm³/mol. The number of imidazole rings is 1. The van der Waals surface area contributed by atoms with E-state index in [0.29, 0.717) is 11.6 Å². The van der Waals surface area contributed by atoms with E-state index in [1.54, 1.807) is 7.11 Å². The van der Waals surface area contributed by atoms with Crippen LogP contribution in [0.1, 0.15) is 37.4 Å². The number of hydrogen-bond acceptors (Lipinski definition) is 5. The summed E-state index contributed by atoms with van der Waals surface area (Å²) in [5, 5.41) is 0.965. The molecule has 0 aliphatic carbocycles. The molecule has 0 aliphatic heterocycles. The number of nitrogen functional groups attached to an aromatic ring is 1. The van der Waals surface area contributed by atoms with Gasteiger partial charge in [-0.1, -0.05) is 43.7 Å². The number of nitrogens with two attached hydrogens (primary N) is 1. The fraction of sp³-hybridized carbons (Fsp3) is 0.304. The lowest BCUT2D eigenvalue weighted by atomic mass is 10.1. The summed E-state index contributed by atoms with van der Waals surface area (Å²) < 4.78 is 13.8. The van der Waals surface area contributed by atoms with E-state index >= 15 is 0 Å². The largest absolute Gasteiger partial charge is 0.461 e. The number of pyridine rings is 1. The summed E-state index contributed by atoms with van der Waals surface area (Å²) in [6.07, 6.45) is 2.63. The molecule has 2 aromatic heterocycles. The third kappa shape index (κ3) is 3.63. The lowest BCUT2D eigenvalue weighted by Crippen LogP contribution is -2.09. The molecular weight excluding hydrogens is 364 g/mol. The van der Waals surface area contributed by atoms with Gasteiger partial charge >= 0.3 is 0 Å². The molecule has 150 valence electrons. The van der Waals surface area contributed by atoms with Gasteiger partial charge in [0, 0.05) is 31.5 Å². The summed E-state index contributed by atoms with van der Waals surface area (Å²) in [5.41, 5.74) is 9.72. The van der Waals surface area contributed by atoms with Crippen molar-refractivity contribution >= 4 is 27.8 Å². The zero-order valence-corrected chi connectivity index (χ0v) is 17.1. The van der Waals surface area contributed by atoms with Crippen molar-refractivity contribution in [3.63, 3.8) is 0 Å². The average Bonchev–Trinajstić information content (AvgIpc) is 3.08. The Kier molecular flexibility index (Phi) is 5.36. The maximum absolute atomic E-state index is 6.21. The van der Waals surface area contributed by atoms with Crippen LogP contribution in [0.15, 0.2) is 48.5 Å². The molecule has 6 heteroatoms. The van der Waals surface area contributed by atoms with Gasteiger partial charge in [0.2, 0.25) is 6.29 Å². The molecule has 0 radical (unpaired) electrons. The minimum absolute atomic E-state index is 0.457. The number of hydrogen-bond donors (Lipinski definition) is 1. The third-order valence-electron chi connectivity index (χ3n) is 5.18. The van der Waals surface area contributed by atoms with Crippen molar-refractivity contribution in [2.75, 3.05) is 12.8 Å². The van der Waals surface area contributed by atoms with E-state index in [1.807, 2.05) is 55.6 Å². The molecule has 2 aromatic carbocycles. The molecule has 1 unspecified atom stereocenters. The number of aryl methyl sites for hydroxylation is 2. The smallest absolute Gasteiger partial charge is 0.226 e. The monoisotopic (exact) mass is 390 g/mol. The van der Waals surface area contributed by atoms with Crippen LogP contribution in [0.25, 0.3) is 21.9 Å². The van der Waals surface area contributed by atoms with Crippen LogP contribution in [0.2, 0.25) is 0 Å². The summed E-state index contributed by atoms with van der Waals surface area (Å²) in [4.78, 5) is 9.32. The summed E-state index contributed by atoms with van der Waals surface area (Å²) in [6, 6.07) is 15.7. The Morgan fingerprint density at radius 2 is 1.90 bits per heavy atom. The standard InChI is InChI=1S/C23H26N4O2/c1-4-5-11-19-26-20-21(27(19)2)17-14-16(12-13-18(17)25-22(20)24)29-23(28-3)15-9-7-6-8-10-15/h6-10,12-14,23H,4-5,11H2,1-3H3,(H2,24,25). The highest BCUT2D eigenvalue weighted by Gasteiger charge is 2.17. The van der Waals surface area contributed by atoms with Crippen LogP contribution in [-0.4, -0.2) is 21.6 Å². The Morgan fingerprint density at radius 1 is 1.10 bits per heavy atom. The predicted octanol–water partition coefficient (Wildman–Crippen LogP) is 4.77. The quantitative estimate of drug-likeness (QED) is 0.460. The number of ether oxygens (including phenoxy) is 2. The molecule has 1 atom stereocenters. The maximum Gasteiger partial charge on any atom is 0.226 e. The fourth-order valence-corrected chi connectivity index (χ4v) is 3.63. The third-order valence-corrected chi connectivity index (χ3v) is 5.18. The SMILES string of the molecule is CCCCc1nc2c(N)nc3ccc(OC(OC)c4ccccc4)cc3c2n1C. The molecular formula is C23H26N4O2. The van der Waals surface area contributed by atoms with Crippen molar-refractivity contribution in [1.82, 2.24) is 14.5 Å². The van der Waals surface area contributed by atoms with Crippen molar-refractivity contribution in [2.24, 2.45) is 7.05 Å². The minimum atomic E-state index is -0.488. The maximum atomic E-state index is 6.21. The number of methoxy groups -OCH3 is 1. The van der Waals surface area contributed by atoms with Crippen molar-refractivity contribution in [3.05, 3.63) is 59.9 Å². The van der Waals surface area contributed by atoms with Crippen LogP contribution in [0.4, 0.5) is 5.82 Å². The molecule has 4 rings (SSSR count). The average molecular weight is 390 g/mol. The second kappa shape index (κ2) is 8.09. The van der Waals surface area contributed by atoms with Gasteiger partial charge in [0.15, 0.2) is 5.82 Å². The molecule has 0 bridgehead atoms. The van der Waals surface area contributed by atoms with E-state index in [4.69, 9.17) is 20.2 Å². The van der Waals surface area contributed by atoms with Gasteiger partial charge in [0.05, 0.1) is 11.0 Å². The van der Waals surface area contributed by atoms with E-state index in [9.17, 15) is 0 Å². The van der Waals surface area contributed by atoms with Gasteiger partial charge in [0.25, 0.3) is 0 Å². The van der Waals surface area contributed by atoms with Crippen molar-refractivity contribution in [1.29, 1.82) is 0 Å². The van der Waals surface area contributed by atoms with Crippen molar-refractivity contribution in [3.8, 4) is 5.75 Å². The molecule has 2 heterocycles. The molecule has 29 heavy (non-hydrogen) atoms. The zero-order chi connectivity index (χ0) is 20.4. The molecule has 0 amide bonds. The summed E-state index contributed by atoms with van der Waals surface area (Å²) in [5.74, 6) is 2.18. The number of anilines is 1. The van der Waals surface area contributed by atoms with Crippen LogP contribution < -0.4 is 10.5 Å². The Balaban J connectivity index is 1.79. The Labute approximate surface area is 170 Å². The number of fused-ring (bicyclic) bond motifs is 3. The highest BCUT2D eigenvalue weighted by molar-refractivity contribution is 6.07. The number of rotatable bonds is 7. The molecule has 0 fully saturated rings. The molecule has 4 aromatic rings. The first kappa shape index (κ1) is 19.2. The van der Waals surface area contributed by atoms with Crippen LogP contribution in [-0.2, 0) is 18.2 Å². The van der Waals surface area contributed by atoms with E-state index in [0.717, 1.165) is 52.6 Å². The topological polar surface area (TPSA) is 75.2 Å². The summed E-state index contributed by atoms with van der Waals surface area (Å²) in [6.45, 7) is 2.18. The van der Waals surface area contributed by atoms with Gasteiger partial charge in [-0.05, 0) is 24.6 Å². The van der Waals surface area contributed by atoms with Crippen LogP contribution in [0.5, 0.6) is 5.75 Å². The first-order valence-electron chi connectivity index (χ1n) is 9.91. The van der Waals surface area contributed by atoms with Gasteiger partial charge in [-0.2, -0.15) is 0 Å². The lowest BCUT2D eigenvalue weighted by molar-refractivity contribution is -0.0561. The highest BCUT2D eigenvalue weighted by atomic mass is 16.7. The van der Waals surface area contributed by atoms with E-state index in [-0.39, 0.29) is 0 Å². The normalized spacial score (nSPS) is 12.5. The first-order chi connectivity index (χ1) is 14.1. The van der Waals surface area contributed by atoms with Gasteiger partial charge < -0.3 is 19.8 Å². The molecule has 2 N–H and O–H groups in total. The second-order valence-corrected chi connectivity index (χ2v) is 7.16. The molecule has 0 aliphatic rings. The number of aromatic nitrogens is 3. The Bertz CT molecular complexity index is 1140. The van der Waals surface area contributed by atoms with Gasteiger partial charge in [-0.25, -0.2) is 9.97 Å². The number of unbranched alkanes of at least 4 members (excludes halogenated alkanes) is 1. The number of nitrogens with zero attached hydrogens (tertiary/aromatic N) is 3. The van der Waals surface area contributed by atoms with Gasteiger partial charge in [-0.3, -0.25) is 0 Å². The molecule has 0 spiro atoms. The first-order valence-corrected chi connectivity index (χ1v) is 9.91. The fourth-order valence-electron chi connectivity index (χ4n) is 3.63. The van der Waals surface area contributed by atoms with E-state index < -0.39 is 6.29 Å². The van der Waals surface area contributed by atoms with Crippen LogP contribution >= 0.6 is 0 Å². The molecule has 0 saturated heterocycles. The Morgan fingerprint density at radius 3 is 2.62 bits per heavy atom. The molecule has 6 nitrogen and oxygen atoms in total. The summed E-state index contributed by atoms with van der Waals surface area (Å²) >= 11 is 0. The van der Waals surface area contributed by atoms with Crippen LogP contribution in [0.3, 0.4) is 0 Å². The minimum Gasteiger partial charge on any atom is -0.461 e. The van der Waals surface area contributed by atoms with E-state index in [1.165, 1.54) is 0 Å². The van der Waals surface area contributed by atoms with Crippen molar-refractivity contribution < 1.29 is 9.47 Å². The second-order valence-electron chi connectivity index (χ2n) is 7.16. The van der Waals surface area contributed by atoms with Crippen molar-refractivity contribution in [2.45, 2.75) is 32.5 Å².